The highest BCUT2D eigenvalue weighted by atomic mass is 79.9. The van der Waals surface area contributed by atoms with E-state index in [1.54, 1.807) is 7.11 Å². The zero-order valence-electron chi connectivity index (χ0n) is 10.7. The maximum atomic E-state index is 6.09. The largest absolute Gasteiger partial charge is 0.497 e. The first-order valence-corrected chi connectivity index (χ1v) is 7.23. The lowest BCUT2D eigenvalue weighted by Crippen LogP contribution is -2.16. The van der Waals surface area contributed by atoms with Gasteiger partial charge in [-0.15, -0.1) is 0 Å². The van der Waals surface area contributed by atoms with Gasteiger partial charge in [-0.2, -0.15) is 0 Å². The molecular formula is C16H15BrO2. The van der Waals surface area contributed by atoms with Gasteiger partial charge in [0.2, 0.25) is 0 Å². The average Bonchev–Trinajstić information content (AvgIpc) is 2.47. The Morgan fingerprint density at radius 3 is 2.58 bits per heavy atom. The van der Waals surface area contributed by atoms with Gasteiger partial charge in [-0.1, -0.05) is 46.3 Å². The summed E-state index contributed by atoms with van der Waals surface area (Å²) in [4.78, 5) is 0.338. The summed E-state index contributed by atoms with van der Waals surface area (Å²) in [6, 6.07) is 16.3. The highest BCUT2D eigenvalue weighted by Gasteiger charge is 2.27. The molecule has 1 aliphatic heterocycles. The standard InChI is InChI=1S/C16H15BrO2/c1-18-12-8-6-11(7-9-12)16-10-14(17)13-4-2-3-5-15(13)19-16/h2-9,14,16H,10H2,1H3/t14-,16+/m1/s1. The molecule has 98 valence electrons. The molecule has 2 aromatic carbocycles. The van der Waals surface area contributed by atoms with E-state index in [-0.39, 0.29) is 6.10 Å². The molecule has 1 heterocycles. The zero-order valence-corrected chi connectivity index (χ0v) is 12.3. The Hall–Kier alpha value is -1.48. The van der Waals surface area contributed by atoms with Crippen molar-refractivity contribution in [3.05, 3.63) is 59.7 Å². The molecule has 1 aliphatic rings. The van der Waals surface area contributed by atoms with E-state index in [1.165, 1.54) is 11.1 Å². The normalized spacial score (nSPS) is 21.4. The lowest BCUT2D eigenvalue weighted by Gasteiger charge is -2.29. The number of rotatable bonds is 2. The lowest BCUT2D eigenvalue weighted by molar-refractivity contribution is 0.176. The molecule has 0 amide bonds. The maximum Gasteiger partial charge on any atom is 0.125 e. The van der Waals surface area contributed by atoms with Crippen molar-refractivity contribution in [1.82, 2.24) is 0 Å². The minimum Gasteiger partial charge on any atom is -0.497 e. The fourth-order valence-corrected chi connectivity index (χ4v) is 3.10. The molecule has 0 aromatic heterocycles. The lowest BCUT2D eigenvalue weighted by atomic mass is 9.97. The summed E-state index contributed by atoms with van der Waals surface area (Å²) in [5, 5.41) is 0. The molecule has 2 atom stereocenters. The van der Waals surface area contributed by atoms with E-state index in [0.717, 1.165) is 17.9 Å². The zero-order chi connectivity index (χ0) is 13.2. The van der Waals surface area contributed by atoms with Gasteiger partial charge in [0.15, 0.2) is 0 Å². The van der Waals surface area contributed by atoms with Crippen molar-refractivity contribution in [2.24, 2.45) is 0 Å². The van der Waals surface area contributed by atoms with Gasteiger partial charge in [0, 0.05) is 16.8 Å². The van der Waals surface area contributed by atoms with Crippen LogP contribution in [-0.4, -0.2) is 7.11 Å². The molecule has 0 saturated heterocycles. The minimum absolute atomic E-state index is 0.0881. The number of benzene rings is 2. The Bertz CT molecular complexity index is 565. The predicted molar refractivity (Wildman–Crippen MR) is 79.1 cm³/mol. The van der Waals surface area contributed by atoms with Gasteiger partial charge < -0.3 is 9.47 Å². The number of ether oxygens (including phenoxy) is 2. The van der Waals surface area contributed by atoms with Crippen LogP contribution in [0.2, 0.25) is 0 Å². The SMILES string of the molecule is COc1ccc([C@@H]2C[C@@H](Br)c3ccccc3O2)cc1. The maximum absolute atomic E-state index is 6.09. The van der Waals surface area contributed by atoms with Gasteiger partial charge in [-0.25, -0.2) is 0 Å². The molecule has 0 unspecified atom stereocenters. The summed E-state index contributed by atoms with van der Waals surface area (Å²) in [5.74, 6) is 1.84. The highest BCUT2D eigenvalue weighted by Crippen LogP contribution is 2.44. The number of fused-ring (bicyclic) bond motifs is 1. The fourth-order valence-electron chi connectivity index (χ4n) is 2.39. The van der Waals surface area contributed by atoms with Crippen molar-refractivity contribution in [3.63, 3.8) is 0 Å². The number of hydrogen-bond donors (Lipinski definition) is 0. The first-order valence-electron chi connectivity index (χ1n) is 6.31. The van der Waals surface area contributed by atoms with Crippen LogP contribution in [-0.2, 0) is 0 Å². The third-order valence-corrected chi connectivity index (χ3v) is 4.30. The Balaban J connectivity index is 1.87. The summed E-state index contributed by atoms with van der Waals surface area (Å²) in [6.07, 6.45) is 1.02. The average molecular weight is 319 g/mol. The summed E-state index contributed by atoms with van der Waals surface area (Å²) >= 11 is 3.75. The van der Waals surface area contributed by atoms with Crippen LogP contribution in [0.15, 0.2) is 48.5 Å². The van der Waals surface area contributed by atoms with E-state index in [0.29, 0.717) is 4.83 Å². The van der Waals surface area contributed by atoms with Crippen LogP contribution in [0, 0.1) is 0 Å². The van der Waals surface area contributed by atoms with Gasteiger partial charge in [0.25, 0.3) is 0 Å². The number of para-hydroxylation sites is 1. The number of hydrogen-bond acceptors (Lipinski definition) is 2. The van der Waals surface area contributed by atoms with E-state index in [9.17, 15) is 0 Å². The van der Waals surface area contributed by atoms with Gasteiger partial charge >= 0.3 is 0 Å². The van der Waals surface area contributed by atoms with Gasteiger partial charge in [-0.3, -0.25) is 0 Å². The quantitative estimate of drug-likeness (QED) is 0.750. The molecule has 0 aliphatic carbocycles. The van der Waals surface area contributed by atoms with Gasteiger partial charge in [0.05, 0.1) is 7.11 Å². The Labute approximate surface area is 121 Å². The minimum atomic E-state index is 0.0881. The van der Waals surface area contributed by atoms with Crippen LogP contribution >= 0.6 is 15.9 Å². The van der Waals surface area contributed by atoms with Gasteiger partial charge in [0.1, 0.15) is 17.6 Å². The monoisotopic (exact) mass is 318 g/mol. The number of halogens is 1. The first-order chi connectivity index (χ1) is 9.28. The summed E-state index contributed by atoms with van der Waals surface area (Å²) in [7, 11) is 1.68. The van der Waals surface area contributed by atoms with Crippen LogP contribution < -0.4 is 9.47 Å². The number of alkyl halides is 1. The van der Waals surface area contributed by atoms with Gasteiger partial charge in [-0.05, 0) is 23.8 Å². The predicted octanol–water partition coefficient (Wildman–Crippen LogP) is 4.66. The molecule has 0 saturated carbocycles. The molecule has 2 aromatic rings. The van der Waals surface area contributed by atoms with Crippen molar-refractivity contribution in [3.8, 4) is 11.5 Å². The van der Waals surface area contributed by atoms with E-state index in [1.807, 2.05) is 30.3 Å². The second kappa shape index (κ2) is 5.25. The smallest absolute Gasteiger partial charge is 0.125 e. The van der Waals surface area contributed by atoms with E-state index >= 15 is 0 Å². The van der Waals surface area contributed by atoms with Crippen molar-refractivity contribution in [2.45, 2.75) is 17.4 Å². The first kappa shape index (κ1) is 12.5. The van der Waals surface area contributed by atoms with Crippen molar-refractivity contribution in [2.75, 3.05) is 7.11 Å². The summed E-state index contributed by atoms with van der Waals surface area (Å²) in [5.41, 5.74) is 2.41. The highest BCUT2D eigenvalue weighted by molar-refractivity contribution is 9.09. The molecule has 2 nitrogen and oxygen atoms in total. The summed E-state index contributed by atoms with van der Waals surface area (Å²) < 4.78 is 11.3. The molecule has 0 radical (unpaired) electrons. The van der Waals surface area contributed by atoms with Crippen LogP contribution in [0.1, 0.15) is 28.5 Å². The van der Waals surface area contributed by atoms with Crippen LogP contribution in [0.4, 0.5) is 0 Å². The van der Waals surface area contributed by atoms with Crippen LogP contribution in [0.25, 0.3) is 0 Å². The Morgan fingerprint density at radius 2 is 1.84 bits per heavy atom. The van der Waals surface area contributed by atoms with E-state index < -0.39 is 0 Å². The second-order valence-electron chi connectivity index (χ2n) is 4.62. The van der Waals surface area contributed by atoms with Crippen molar-refractivity contribution in [1.29, 1.82) is 0 Å². The second-order valence-corrected chi connectivity index (χ2v) is 5.73. The molecule has 0 spiro atoms. The third kappa shape index (κ3) is 2.47. The number of methoxy groups -OCH3 is 1. The molecule has 19 heavy (non-hydrogen) atoms. The van der Waals surface area contributed by atoms with Crippen LogP contribution in [0.3, 0.4) is 0 Å². The Morgan fingerprint density at radius 1 is 1.11 bits per heavy atom. The molecule has 0 fully saturated rings. The molecule has 0 N–H and O–H groups in total. The molecule has 3 rings (SSSR count). The summed E-state index contributed by atoms with van der Waals surface area (Å²) in [6.45, 7) is 0. The van der Waals surface area contributed by atoms with E-state index in [4.69, 9.17) is 9.47 Å². The molecular weight excluding hydrogens is 304 g/mol. The fraction of sp³-hybridized carbons (Fsp3) is 0.250. The van der Waals surface area contributed by atoms with Crippen LogP contribution in [0.5, 0.6) is 11.5 Å². The van der Waals surface area contributed by atoms with Crippen molar-refractivity contribution >= 4 is 15.9 Å². The molecule has 3 heteroatoms. The third-order valence-electron chi connectivity index (χ3n) is 3.43. The Kier molecular flexibility index (Phi) is 3.47. The molecule has 0 bridgehead atoms. The van der Waals surface area contributed by atoms with Crippen molar-refractivity contribution < 1.29 is 9.47 Å². The topological polar surface area (TPSA) is 18.5 Å². The van der Waals surface area contributed by atoms with E-state index in [2.05, 4.69) is 34.1 Å².